The van der Waals surface area contributed by atoms with E-state index >= 15 is 0 Å². The van der Waals surface area contributed by atoms with Crippen molar-refractivity contribution in [1.29, 1.82) is 0 Å². The maximum Gasteiger partial charge on any atom is 0.335 e. The van der Waals surface area contributed by atoms with E-state index in [1.54, 1.807) is 12.1 Å². The Morgan fingerprint density at radius 1 is 1.07 bits per heavy atom. The molecular formula is C32H37N5O4. The second-order valence-corrected chi connectivity index (χ2v) is 11.2. The van der Waals surface area contributed by atoms with Gasteiger partial charge in [-0.25, -0.2) is 9.78 Å². The van der Waals surface area contributed by atoms with Crippen LogP contribution in [-0.2, 0) is 24.4 Å². The van der Waals surface area contributed by atoms with Crippen molar-refractivity contribution in [3.63, 3.8) is 0 Å². The number of benzene rings is 2. The first-order valence-electron chi connectivity index (χ1n) is 14.4. The van der Waals surface area contributed by atoms with E-state index < -0.39 is 5.97 Å². The minimum atomic E-state index is -0.930. The van der Waals surface area contributed by atoms with Crippen molar-refractivity contribution in [1.82, 2.24) is 19.4 Å². The summed E-state index contributed by atoms with van der Waals surface area (Å²) in [6.07, 6.45) is 3.35. The molecular weight excluding hydrogens is 518 g/mol. The predicted octanol–water partition coefficient (Wildman–Crippen LogP) is 4.99. The van der Waals surface area contributed by atoms with Crippen molar-refractivity contribution < 1.29 is 19.4 Å². The number of carboxylic acid groups (broad SMARTS) is 1. The van der Waals surface area contributed by atoms with Gasteiger partial charge in [0.05, 0.1) is 35.8 Å². The van der Waals surface area contributed by atoms with Crippen molar-refractivity contribution in [2.24, 2.45) is 0 Å². The van der Waals surface area contributed by atoms with Crippen LogP contribution in [0.2, 0.25) is 0 Å². The average Bonchev–Trinajstić information content (AvgIpc) is 3.48. The van der Waals surface area contributed by atoms with E-state index in [0.29, 0.717) is 37.7 Å². The van der Waals surface area contributed by atoms with Gasteiger partial charge in [-0.3, -0.25) is 4.90 Å². The Balaban J connectivity index is 1.18. The Morgan fingerprint density at radius 3 is 2.66 bits per heavy atom. The maximum absolute atomic E-state index is 11.7. The standard InChI is InChI=1S/C32H37N5O4/c1-22-11-13-25(18-35(2)29-9-6-10-31(34-29)41-21-23-7-4-3-5-8-23)36(22)20-30-33-27-14-12-24(32(38)39)17-28(27)37(30)19-26-15-16-40-26/h3-10,12,14,17,22,25-26H,11,13,15-16,18-21H2,1-2H3,(H,38,39). The lowest BCUT2D eigenvalue weighted by molar-refractivity contribution is -0.0592. The molecule has 2 aliphatic heterocycles. The maximum atomic E-state index is 11.7. The molecule has 6 rings (SSSR count). The molecule has 0 amide bonds. The number of likely N-dealkylation sites (N-methyl/N-ethyl adjacent to an activating group) is 1. The topological polar surface area (TPSA) is 93.0 Å². The van der Waals surface area contributed by atoms with Crippen LogP contribution < -0.4 is 9.64 Å². The summed E-state index contributed by atoms with van der Waals surface area (Å²) >= 11 is 0. The van der Waals surface area contributed by atoms with Crippen molar-refractivity contribution >= 4 is 22.8 Å². The normalized spacial score (nSPS) is 20.7. The minimum Gasteiger partial charge on any atom is -0.478 e. The summed E-state index contributed by atoms with van der Waals surface area (Å²) in [7, 11) is 2.08. The van der Waals surface area contributed by atoms with Crippen LogP contribution in [0, 0.1) is 0 Å². The number of imidazole rings is 1. The monoisotopic (exact) mass is 555 g/mol. The third-order valence-corrected chi connectivity index (χ3v) is 8.34. The molecule has 41 heavy (non-hydrogen) atoms. The molecule has 214 valence electrons. The second-order valence-electron chi connectivity index (χ2n) is 11.2. The molecule has 9 nitrogen and oxygen atoms in total. The van der Waals surface area contributed by atoms with Crippen LogP contribution in [0.25, 0.3) is 11.0 Å². The first kappa shape index (κ1) is 27.2. The van der Waals surface area contributed by atoms with Crippen molar-refractivity contribution in [2.45, 2.75) is 64.1 Å². The fourth-order valence-electron chi connectivity index (χ4n) is 5.87. The van der Waals surface area contributed by atoms with Gasteiger partial charge in [-0.1, -0.05) is 36.4 Å². The van der Waals surface area contributed by atoms with Gasteiger partial charge >= 0.3 is 5.97 Å². The smallest absolute Gasteiger partial charge is 0.335 e. The SMILES string of the molecule is CC1CCC(CN(C)c2cccc(OCc3ccccc3)n2)N1Cc1nc2ccc(C(=O)O)cc2n1CC1CCO1. The molecule has 2 aliphatic rings. The molecule has 2 aromatic carbocycles. The number of rotatable bonds is 11. The highest BCUT2D eigenvalue weighted by Crippen LogP contribution is 2.30. The molecule has 9 heteroatoms. The number of carbonyl (C=O) groups is 1. The summed E-state index contributed by atoms with van der Waals surface area (Å²) in [5.74, 6) is 1.52. The van der Waals surface area contributed by atoms with Gasteiger partial charge in [-0.2, -0.15) is 4.98 Å². The third kappa shape index (κ3) is 6.06. The number of hydrogen-bond acceptors (Lipinski definition) is 7. The Morgan fingerprint density at radius 2 is 1.90 bits per heavy atom. The highest BCUT2D eigenvalue weighted by molar-refractivity contribution is 5.92. The van der Waals surface area contributed by atoms with Crippen LogP contribution >= 0.6 is 0 Å². The number of fused-ring (bicyclic) bond motifs is 1. The van der Waals surface area contributed by atoms with Gasteiger partial charge in [0.15, 0.2) is 0 Å². The first-order chi connectivity index (χ1) is 19.9. The number of aromatic nitrogens is 3. The molecule has 0 spiro atoms. The van der Waals surface area contributed by atoms with Gasteiger partial charge < -0.3 is 24.0 Å². The van der Waals surface area contributed by atoms with E-state index in [1.165, 1.54) is 0 Å². The largest absolute Gasteiger partial charge is 0.478 e. The molecule has 3 atom stereocenters. The summed E-state index contributed by atoms with van der Waals surface area (Å²) < 4.78 is 13.9. The first-order valence-corrected chi connectivity index (χ1v) is 14.4. The van der Waals surface area contributed by atoms with E-state index in [1.807, 2.05) is 54.6 Å². The fraction of sp³-hybridized carbons (Fsp3) is 0.406. The lowest BCUT2D eigenvalue weighted by atomic mass is 10.1. The van der Waals surface area contributed by atoms with Gasteiger partial charge in [-0.05, 0) is 56.0 Å². The number of likely N-dealkylation sites (tertiary alicyclic amines) is 1. The van der Waals surface area contributed by atoms with Gasteiger partial charge in [0.1, 0.15) is 18.2 Å². The molecule has 1 N–H and O–H groups in total. The van der Waals surface area contributed by atoms with Crippen LogP contribution in [0.4, 0.5) is 5.82 Å². The van der Waals surface area contributed by atoms with Crippen molar-refractivity contribution in [3.05, 3.63) is 83.7 Å². The van der Waals surface area contributed by atoms with E-state index in [0.717, 1.165) is 60.7 Å². The quantitative estimate of drug-likeness (QED) is 0.277. The second kappa shape index (κ2) is 11.9. The molecule has 2 saturated heterocycles. The van der Waals surface area contributed by atoms with Gasteiger partial charge in [0.25, 0.3) is 0 Å². The predicted molar refractivity (Wildman–Crippen MR) is 157 cm³/mol. The number of anilines is 1. The lowest BCUT2D eigenvalue weighted by Gasteiger charge is -2.32. The van der Waals surface area contributed by atoms with Crippen LogP contribution in [0.1, 0.15) is 47.9 Å². The highest BCUT2D eigenvalue weighted by Gasteiger charge is 2.33. The molecule has 4 heterocycles. The van der Waals surface area contributed by atoms with Crippen LogP contribution in [0.15, 0.2) is 66.7 Å². The average molecular weight is 556 g/mol. The molecule has 3 unspecified atom stereocenters. The Kier molecular flexibility index (Phi) is 7.89. The summed E-state index contributed by atoms with van der Waals surface area (Å²) in [6, 6.07) is 21.9. The van der Waals surface area contributed by atoms with Crippen LogP contribution in [-0.4, -0.2) is 68.9 Å². The number of aromatic carboxylic acids is 1. The van der Waals surface area contributed by atoms with E-state index in [-0.39, 0.29) is 11.7 Å². The van der Waals surface area contributed by atoms with E-state index in [4.69, 9.17) is 19.4 Å². The summed E-state index contributed by atoms with van der Waals surface area (Å²) in [5.41, 5.74) is 3.06. The zero-order valence-corrected chi connectivity index (χ0v) is 23.6. The lowest BCUT2D eigenvalue weighted by Crippen LogP contribution is -2.42. The van der Waals surface area contributed by atoms with Gasteiger partial charge in [0, 0.05) is 38.3 Å². The zero-order chi connectivity index (χ0) is 28.3. The Hall–Kier alpha value is -3.95. The third-order valence-electron chi connectivity index (χ3n) is 8.34. The van der Waals surface area contributed by atoms with E-state index in [9.17, 15) is 9.90 Å². The van der Waals surface area contributed by atoms with Crippen LogP contribution in [0.5, 0.6) is 5.88 Å². The summed E-state index contributed by atoms with van der Waals surface area (Å²) in [4.78, 5) is 26.2. The number of nitrogens with zero attached hydrogens (tertiary/aromatic N) is 5. The molecule has 4 aromatic rings. The zero-order valence-electron chi connectivity index (χ0n) is 23.6. The summed E-state index contributed by atoms with van der Waals surface area (Å²) in [6.45, 7) is 5.74. The van der Waals surface area contributed by atoms with E-state index in [2.05, 4.69) is 28.3 Å². The Labute approximate surface area is 240 Å². The Bertz CT molecular complexity index is 1500. The molecule has 2 aromatic heterocycles. The summed E-state index contributed by atoms with van der Waals surface area (Å²) in [5, 5.41) is 9.58. The van der Waals surface area contributed by atoms with Gasteiger partial charge in [-0.15, -0.1) is 0 Å². The number of hydrogen-bond donors (Lipinski definition) is 1. The number of ether oxygens (including phenoxy) is 2. The fourth-order valence-corrected chi connectivity index (χ4v) is 5.87. The molecule has 0 saturated carbocycles. The number of carboxylic acids is 1. The number of pyridine rings is 1. The molecule has 0 radical (unpaired) electrons. The van der Waals surface area contributed by atoms with Crippen molar-refractivity contribution in [2.75, 3.05) is 25.1 Å². The molecule has 0 aliphatic carbocycles. The van der Waals surface area contributed by atoms with Crippen LogP contribution in [0.3, 0.4) is 0 Å². The molecule has 2 fully saturated rings. The van der Waals surface area contributed by atoms with Gasteiger partial charge in [0.2, 0.25) is 5.88 Å². The molecule has 0 bridgehead atoms. The van der Waals surface area contributed by atoms with Crippen molar-refractivity contribution in [3.8, 4) is 5.88 Å². The minimum absolute atomic E-state index is 0.139. The highest BCUT2D eigenvalue weighted by atomic mass is 16.5.